The van der Waals surface area contributed by atoms with Gasteiger partial charge in [-0.2, -0.15) is 0 Å². The summed E-state index contributed by atoms with van der Waals surface area (Å²) in [5, 5.41) is 13.6. The molecule has 1 aromatic carbocycles. The first-order valence-electron chi connectivity index (χ1n) is 10.5. The number of nitrogens with one attached hydrogen (secondary N) is 1. The molecule has 0 bridgehead atoms. The molecule has 9 nitrogen and oxygen atoms in total. The number of aromatic carboxylic acids is 1. The van der Waals surface area contributed by atoms with E-state index >= 15 is 0 Å². The van der Waals surface area contributed by atoms with Crippen LogP contribution in [0.5, 0.6) is 0 Å². The Labute approximate surface area is 193 Å². The second kappa shape index (κ2) is 9.62. The van der Waals surface area contributed by atoms with Gasteiger partial charge in [0.25, 0.3) is 10.0 Å². The van der Waals surface area contributed by atoms with Gasteiger partial charge in [0.15, 0.2) is 0 Å². The molecule has 0 saturated carbocycles. The molecule has 0 aliphatic rings. The molecule has 0 aliphatic carbocycles. The van der Waals surface area contributed by atoms with Crippen molar-refractivity contribution in [2.45, 2.75) is 44.9 Å². The van der Waals surface area contributed by atoms with Crippen LogP contribution in [0.15, 0.2) is 45.9 Å². The summed E-state index contributed by atoms with van der Waals surface area (Å²) in [6.45, 7) is 8.20. The van der Waals surface area contributed by atoms with Crippen LogP contribution in [0, 0.1) is 13.8 Å². The van der Waals surface area contributed by atoms with E-state index in [2.05, 4.69) is 14.9 Å². The topological polar surface area (TPSA) is 126 Å². The highest BCUT2D eigenvalue weighted by atomic mass is 32.2. The Kier molecular flexibility index (Phi) is 7.06. The Hall–Kier alpha value is -3.40. The number of likely N-dealkylation sites (N-methyl/N-ethyl adjacent to an activating group) is 1. The summed E-state index contributed by atoms with van der Waals surface area (Å²) in [6, 6.07) is 7.85. The van der Waals surface area contributed by atoms with Crippen molar-refractivity contribution in [2.24, 2.45) is 0 Å². The van der Waals surface area contributed by atoms with E-state index in [1.165, 1.54) is 24.4 Å². The number of carboxylic acids is 1. The highest BCUT2D eigenvalue weighted by Gasteiger charge is 2.20. The van der Waals surface area contributed by atoms with Crippen molar-refractivity contribution in [3.05, 3.63) is 64.7 Å². The monoisotopic (exact) mass is 472 g/mol. The summed E-state index contributed by atoms with van der Waals surface area (Å²) in [5.41, 5.74) is 2.74. The first-order chi connectivity index (χ1) is 15.5. The lowest BCUT2D eigenvalue weighted by Gasteiger charge is -2.20. The third-order valence-electron chi connectivity index (χ3n) is 5.45. The minimum Gasteiger partial charge on any atom is -0.478 e. The highest BCUT2D eigenvalue weighted by Crippen LogP contribution is 2.24. The van der Waals surface area contributed by atoms with Gasteiger partial charge in [-0.3, -0.25) is 4.72 Å². The van der Waals surface area contributed by atoms with Gasteiger partial charge in [-0.25, -0.2) is 18.2 Å². The fraction of sp³-hybridized carbons (Fsp3) is 0.348. The SMILES string of the molecule is Cc1noc(C)c1CCN(C)c1ncc(NS(=O)(=O)c2ccc(C(C)C)cc2)cc1C(=O)O. The van der Waals surface area contributed by atoms with Crippen LogP contribution in [0.4, 0.5) is 11.5 Å². The zero-order valence-corrected chi connectivity index (χ0v) is 20.1. The minimum atomic E-state index is -3.89. The molecule has 0 aliphatic heterocycles. The van der Waals surface area contributed by atoms with Crippen LogP contribution < -0.4 is 9.62 Å². The third kappa shape index (κ3) is 5.51. The van der Waals surface area contributed by atoms with Crippen molar-refractivity contribution in [3.8, 4) is 0 Å². The number of carboxylic acid groups (broad SMARTS) is 1. The number of pyridine rings is 1. The van der Waals surface area contributed by atoms with E-state index in [4.69, 9.17) is 4.52 Å². The fourth-order valence-corrected chi connectivity index (χ4v) is 4.50. The summed E-state index contributed by atoms with van der Waals surface area (Å²) >= 11 is 0. The lowest BCUT2D eigenvalue weighted by atomic mass is 10.0. The molecule has 176 valence electrons. The summed E-state index contributed by atoms with van der Waals surface area (Å²) in [4.78, 5) is 17.9. The van der Waals surface area contributed by atoms with E-state index in [0.717, 1.165) is 22.6 Å². The lowest BCUT2D eigenvalue weighted by molar-refractivity contribution is 0.0697. The standard InChI is InChI=1S/C23H28N4O5S/c1-14(2)17-6-8-19(9-7-17)33(30,31)26-18-12-21(23(28)29)22(24-13-18)27(5)11-10-20-15(3)25-32-16(20)4/h6-9,12-14,26H,10-11H2,1-5H3,(H,28,29). The average Bonchev–Trinajstić information content (AvgIpc) is 3.09. The Bertz CT molecular complexity index is 1230. The fourth-order valence-electron chi connectivity index (χ4n) is 3.47. The normalized spacial score (nSPS) is 11.6. The van der Waals surface area contributed by atoms with Crippen LogP contribution in [-0.4, -0.2) is 43.2 Å². The van der Waals surface area contributed by atoms with E-state index in [1.807, 2.05) is 27.7 Å². The summed E-state index contributed by atoms with van der Waals surface area (Å²) in [5.74, 6) is 0.0280. The minimum absolute atomic E-state index is 0.0724. The number of benzene rings is 1. The molecule has 0 saturated heterocycles. The van der Waals surface area contributed by atoms with Gasteiger partial charge in [-0.1, -0.05) is 31.1 Å². The summed E-state index contributed by atoms with van der Waals surface area (Å²) in [7, 11) is -2.17. The van der Waals surface area contributed by atoms with Crippen molar-refractivity contribution in [1.82, 2.24) is 10.1 Å². The number of rotatable bonds is 9. The average molecular weight is 473 g/mol. The Morgan fingerprint density at radius 3 is 2.42 bits per heavy atom. The van der Waals surface area contributed by atoms with Crippen molar-refractivity contribution < 1.29 is 22.8 Å². The van der Waals surface area contributed by atoms with Crippen molar-refractivity contribution in [2.75, 3.05) is 23.2 Å². The Morgan fingerprint density at radius 1 is 1.21 bits per heavy atom. The first kappa shape index (κ1) is 24.2. The molecule has 0 unspecified atom stereocenters. The first-order valence-corrected chi connectivity index (χ1v) is 12.0. The zero-order valence-electron chi connectivity index (χ0n) is 19.3. The Balaban J connectivity index is 1.81. The second-order valence-electron chi connectivity index (χ2n) is 8.20. The molecule has 0 atom stereocenters. The molecule has 0 spiro atoms. The van der Waals surface area contributed by atoms with Gasteiger partial charge in [-0.15, -0.1) is 0 Å². The largest absolute Gasteiger partial charge is 0.478 e. The molecule has 3 rings (SSSR count). The van der Waals surface area contributed by atoms with Gasteiger partial charge < -0.3 is 14.5 Å². The zero-order chi connectivity index (χ0) is 24.3. The van der Waals surface area contributed by atoms with Crippen LogP contribution >= 0.6 is 0 Å². The highest BCUT2D eigenvalue weighted by molar-refractivity contribution is 7.92. The van der Waals surface area contributed by atoms with Crippen LogP contribution in [0.25, 0.3) is 0 Å². The molecular formula is C23H28N4O5S. The van der Waals surface area contributed by atoms with E-state index < -0.39 is 16.0 Å². The van der Waals surface area contributed by atoms with E-state index in [0.29, 0.717) is 13.0 Å². The van der Waals surface area contributed by atoms with E-state index in [9.17, 15) is 18.3 Å². The predicted octanol–water partition coefficient (Wildman–Crippen LogP) is 3.99. The van der Waals surface area contributed by atoms with Gasteiger partial charge in [0.2, 0.25) is 0 Å². The van der Waals surface area contributed by atoms with Gasteiger partial charge in [0.05, 0.1) is 22.5 Å². The number of hydrogen-bond donors (Lipinski definition) is 2. The molecule has 10 heteroatoms. The number of sulfonamides is 1. The van der Waals surface area contributed by atoms with Crippen LogP contribution in [-0.2, 0) is 16.4 Å². The van der Waals surface area contributed by atoms with Crippen molar-refractivity contribution in [1.29, 1.82) is 0 Å². The molecule has 33 heavy (non-hydrogen) atoms. The van der Waals surface area contributed by atoms with Crippen molar-refractivity contribution >= 4 is 27.5 Å². The number of nitrogens with zero attached hydrogens (tertiary/aromatic N) is 3. The third-order valence-corrected chi connectivity index (χ3v) is 6.84. The van der Waals surface area contributed by atoms with E-state index in [1.54, 1.807) is 24.1 Å². The van der Waals surface area contributed by atoms with Gasteiger partial charge in [-0.05, 0) is 49.9 Å². The van der Waals surface area contributed by atoms with Crippen molar-refractivity contribution in [3.63, 3.8) is 0 Å². The number of aryl methyl sites for hydroxylation is 2. The maximum atomic E-state index is 12.8. The Morgan fingerprint density at radius 2 is 1.88 bits per heavy atom. The van der Waals surface area contributed by atoms with Gasteiger partial charge in [0, 0.05) is 19.2 Å². The quantitative estimate of drug-likeness (QED) is 0.479. The van der Waals surface area contributed by atoms with E-state index in [-0.39, 0.29) is 27.9 Å². The van der Waals surface area contributed by atoms with Crippen LogP contribution in [0.2, 0.25) is 0 Å². The van der Waals surface area contributed by atoms with Gasteiger partial charge in [0.1, 0.15) is 17.1 Å². The summed E-state index contributed by atoms with van der Waals surface area (Å²) < 4.78 is 33.1. The number of anilines is 2. The van der Waals surface area contributed by atoms with Gasteiger partial charge >= 0.3 is 5.97 Å². The molecule has 2 heterocycles. The summed E-state index contributed by atoms with van der Waals surface area (Å²) in [6.07, 6.45) is 1.91. The number of aromatic nitrogens is 2. The lowest BCUT2D eigenvalue weighted by Crippen LogP contribution is -2.24. The molecule has 3 aromatic rings. The maximum absolute atomic E-state index is 12.8. The van der Waals surface area contributed by atoms with Crippen LogP contribution in [0.3, 0.4) is 0 Å². The predicted molar refractivity (Wildman–Crippen MR) is 125 cm³/mol. The molecule has 2 aromatic heterocycles. The second-order valence-corrected chi connectivity index (χ2v) is 9.89. The maximum Gasteiger partial charge on any atom is 0.339 e. The van der Waals surface area contributed by atoms with Crippen LogP contribution in [0.1, 0.15) is 52.7 Å². The molecule has 2 N–H and O–H groups in total. The number of carbonyl (C=O) groups is 1. The molecule has 0 amide bonds. The smallest absolute Gasteiger partial charge is 0.339 e. The molecule has 0 radical (unpaired) electrons. The number of hydrogen-bond acceptors (Lipinski definition) is 7. The molecule has 0 fully saturated rings. The molecular weight excluding hydrogens is 444 g/mol.